The average Bonchev–Trinajstić information content (AvgIpc) is 3.38. The van der Waals surface area contributed by atoms with Gasteiger partial charge in [0.25, 0.3) is 5.89 Å². The Balaban J connectivity index is 0.00000205. The molecule has 0 bridgehead atoms. The van der Waals surface area contributed by atoms with Crippen LogP contribution < -0.4 is 10.2 Å². The van der Waals surface area contributed by atoms with Crippen molar-refractivity contribution in [2.75, 3.05) is 38.1 Å². The first kappa shape index (κ1) is 19.9. The highest BCUT2D eigenvalue weighted by molar-refractivity contribution is 5.85. The Morgan fingerprint density at radius 3 is 2.69 bits per heavy atom. The Kier molecular flexibility index (Phi) is 5.85. The largest absolute Gasteiger partial charge is 0.355 e. The summed E-state index contributed by atoms with van der Waals surface area (Å²) in [5.74, 6) is 1.43. The van der Waals surface area contributed by atoms with Gasteiger partial charge in [0.1, 0.15) is 6.04 Å². The molecule has 0 amide bonds. The van der Waals surface area contributed by atoms with Crippen LogP contribution in [-0.2, 0) is 6.42 Å². The van der Waals surface area contributed by atoms with Gasteiger partial charge in [-0.2, -0.15) is 4.98 Å². The lowest BCUT2D eigenvalue weighted by Crippen LogP contribution is -2.44. The predicted octanol–water partition coefficient (Wildman–Crippen LogP) is 3.22. The van der Waals surface area contributed by atoms with Crippen molar-refractivity contribution < 1.29 is 4.52 Å². The molecule has 6 nitrogen and oxygen atoms in total. The van der Waals surface area contributed by atoms with Gasteiger partial charge in [0.05, 0.1) is 6.04 Å². The summed E-state index contributed by atoms with van der Waals surface area (Å²) in [5.41, 5.74) is 3.80. The van der Waals surface area contributed by atoms with E-state index in [2.05, 4.69) is 75.9 Å². The summed E-state index contributed by atoms with van der Waals surface area (Å²) in [6, 6.07) is 19.1. The molecule has 1 aromatic heterocycles. The van der Waals surface area contributed by atoms with E-state index in [4.69, 9.17) is 9.51 Å². The molecular formula is C22H26ClN5O. The molecule has 1 N–H and O–H groups in total. The van der Waals surface area contributed by atoms with Gasteiger partial charge in [0, 0.05) is 31.9 Å². The number of anilines is 1. The second-order valence-electron chi connectivity index (χ2n) is 7.58. The highest BCUT2D eigenvalue weighted by Crippen LogP contribution is 2.38. The standard InChI is InChI=1S/C22H25N5O.ClH/c1-26-14-12-23-15-19(26)21-24-22(28-25-21)20(17-8-3-2-4-9-17)27-13-11-16-7-5-6-10-18(16)27;/h2-10,19-20,23H,11-15H2,1H3;1H. The fourth-order valence-corrected chi connectivity index (χ4v) is 4.31. The first-order chi connectivity index (χ1) is 13.8. The zero-order chi connectivity index (χ0) is 18.9. The van der Waals surface area contributed by atoms with E-state index in [0.29, 0.717) is 5.89 Å². The summed E-state index contributed by atoms with van der Waals surface area (Å²) in [4.78, 5) is 9.56. The van der Waals surface area contributed by atoms with Crippen molar-refractivity contribution in [1.82, 2.24) is 20.4 Å². The molecule has 3 heterocycles. The van der Waals surface area contributed by atoms with Crippen molar-refractivity contribution in [2.24, 2.45) is 0 Å². The number of nitrogens with one attached hydrogen (secondary N) is 1. The second-order valence-corrected chi connectivity index (χ2v) is 7.58. The van der Waals surface area contributed by atoms with Crippen LogP contribution in [0.25, 0.3) is 0 Å². The van der Waals surface area contributed by atoms with Gasteiger partial charge < -0.3 is 14.7 Å². The van der Waals surface area contributed by atoms with Gasteiger partial charge in [-0.25, -0.2) is 0 Å². The van der Waals surface area contributed by atoms with Crippen molar-refractivity contribution >= 4 is 18.1 Å². The molecular weight excluding hydrogens is 386 g/mol. The minimum atomic E-state index is -0.0760. The highest BCUT2D eigenvalue weighted by Gasteiger charge is 2.34. The third-order valence-electron chi connectivity index (χ3n) is 5.85. The average molecular weight is 412 g/mol. The van der Waals surface area contributed by atoms with Gasteiger partial charge in [0.2, 0.25) is 0 Å². The SMILES string of the molecule is CN1CCNCC1c1noc(C(c2ccccc2)N2CCc3ccccc32)n1.Cl. The number of hydrogen-bond donors (Lipinski definition) is 1. The molecule has 5 rings (SSSR count). The summed E-state index contributed by atoms with van der Waals surface area (Å²) in [6.07, 6.45) is 1.04. The number of likely N-dealkylation sites (N-methyl/N-ethyl adjacent to an activating group) is 1. The fourth-order valence-electron chi connectivity index (χ4n) is 4.31. The van der Waals surface area contributed by atoms with Crippen molar-refractivity contribution in [3.05, 3.63) is 77.4 Å². The Hall–Kier alpha value is -2.41. The summed E-state index contributed by atoms with van der Waals surface area (Å²) in [7, 11) is 2.12. The molecule has 2 atom stereocenters. The lowest BCUT2D eigenvalue weighted by molar-refractivity contribution is 0.190. The van der Waals surface area contributed by atoms with E-state index in [-0.39, 0.29) is 24.5 Å². The molecule has 29 heavy (non-hydrogen) atoms. The van der Waals surface area contributed by atoms with Gasteiger partial charge in [0.15, 0.2) is 5.82 Å². The third-order valence-corrected chi connectivity index (χ3v) is 5.85. The van der Waals surface area contributed by atoms with Crippen LogP contribution in [0.3, 0.4) is 0 Å². The summed E-state index contributed by atoms with van der Waals surface area (Å²) >= 11 is 0. The molecule has 2 aromatic carbocycles. The summed E-state index contributed by atoms with van der Waals surface area (Å²) in [5, 5.41) is 7.80. The number of hydrogen-bond acceptors (Lipinski definition) is 6. The molecule has 3 aromatic rings. The lowest BCUT2D eigenvalue weighted by atomic mass is 10.0. The van der Waals surface area contributed by atoms with E-state index in [9.17, 15) is 0 Å². The van der Waals surface area contributed by atoms with Crippen molar-refractivity contribution in [2.45, 2.75) is 18.5 Å². The zero-order valence-electron chi connectivity index (χ0n) is 16.5. The maximum atomic E-state index is 5.85. The van der Waals surface area contributed by atoms with Crippen molar-refractivity contribution in [3.63, 3.8) is 0 Å². The third kappa shape index (κ3) is 3.75. The molecule has 1 saturated heterocycles. The molecule has 152 valence electrons. The molecule has 2 aliphatic heterocycles. The molecule has 2 unspecified atom stereocenters. The van der Waals surface area contributed by atoms with E-state index in [1.165, 1.54) is 16.8 Å². The molecule has 0 radical (unpaired) electrons. The molecule has 2 aliphatic rings. The molecule has 7 heteroatoms. The summed E-state index contributed by atoms with van der Waals surface area (Å²) < 4.78 is 5.85. The number of para-hydroxylation sites is 1. The summed E-state index contributed by atoms with van der Waals surface area (Å²) in [6.45, 7) is 3.77. The van der Waals surface area contributed by atoms with Crippen LogP contribution in [0, 0.1) is 0 Å². The maximum absolute atomic E-state index is 5.85. The van der Waals surface area contributed by atoms with Gasteiger partial charge in [-0.1, -0.05) is 53.7 Å². The monoisotopic (exact) mass is 411 g/mol. The van der Waals surface area contributed by atoms with Gasteiger partial charge in [-0.3, -0.25) is 4.90 Å². The second kappa shape index (κ2) is 8.53. The van der Waals surface area contributed by atoms with Crippen LogP contribution in [0.2, 0.25) is 0 Å². The minimum absolute atomic E-state index is 0. The van der Waals surface area contributed by atoms with E-state index in [1.807, 2.05) is 6.07 Å². The molecule has 1 fully saturated rings. The minimum Gasteiger partial charge on any atom is -0.355 e. The lowest BCUT2D eigenvalue weighted by Gasteiger charge is -2.30. The number of rotatable bonds is 4. The fraction of sp³-hybridized carbons (Fsp3) is 0.364. The van der Waals surface area contributed by atoms with E-state index in [1.54, 1.807) is 0 Å². The predicted molar refractivity (Wildman–Crippen MR) is 116 cm³/mol. The van der Waals surface area contributed by atoms with E-state index in [0.717, 1.165) is 38.4 Å². The highest BCUT2D eigenvalue weighted by atomic mass is 35.5. The maximum Gasteiger partial charge on any atom is 0.254 e. The van der Waals surface area contributed by atoms with Crippen LogP contribution in [0.15, 0.2) is 59.1 Å². The Bertz CT molecular complexity index is 947. The zero-order valence-corrected chi connectivity index (χ0v) is 17.3. The number of nitrogens with zero attached hydrogens (tertiary/aromatic N) is 4. The number of aromatic nitrogens is 2. The first-order valence-corrected chi connectivity index (χ1v) is 9.95. The van der Waals surface area contributed by atoms with Crippen molar-refractivity contribution in [3.8, 4) is 0 Å². The number of fused-ring (bicyclic) bond motifs is 1. The van der Waals surface area contributed by atoms with E-state index < -0.39 is 0 Å². The van der Waals surface area contributed by atoms with Crippen LogP contribution in [0.5, 0.6) is 0 Å². The quantitative estimate of drug-likeness (QED) is 0.711. The molecule has 0 aliphatic carbocycles. The Morgan fingerprint density at radius 1 is 1.07 bits per heavy atom. The normalized spacial score (nSPS) is 20.2. The van der Waals surface area contributed by atoms with Crippen molar-refractivity contribution in [1.29, 1.82) is 0 Å². The molecule has 0 spiro atoms. The number of benzene rings is 2. The van der Waals surface area contributed by atoms with Gasteiger partial charge >= 0.3 is 0 Å². The topological polar surface area (TPSA) is 57.4 Å². The molecule has 0 saturated carbocycles. The van der Waals surface area contributed by atoms with Crippen LogP contribution in [-0.4, -0.2) is 48.3 Å². The van der Waals surface area contributed by atoms with Crippen LogP contribution in [0.1, 0.15) is 34.9 Å². The van der Waals surface area contributed by atoms with E-state index >= 15 is 0 Å². The van der Waals surface area contributed by atoms with Crippen LogP contribution in [0.4, 0.5) is 5.69 Å². The number of halogens is 1. The van der Waals surface area contributed by atoms with Gasteiger partial charge in [-0.15, -0.1) is 12.4 Å². The Morgan fingerprint density at radius 2 is 1.86 bits per heavy atom. The first-order valence-electron chi connectivity index (χ1n) is 9.95. The Labute approximate surface area is 177 Å². The smallest absolute Gasteiger partial charge is 0.254 e. The van der Waals surface area contributed by atoms with Gasteiger partial charge in [-0.05, 0) is 30.7 Å². The van der Waals surface area contributed by atoms with Crippen LogP contribution >= 0.6 is 12.4 Å². The number of piperazine rings is 1.